The smallest absolute Gasteiger partial charge is 0.0552 e. The summed E-state index contributed by atoms with van der Waals surface area (Å²) in [7, 11) is 2.17. The first kappa shape index (κ1) is 13.9. The molecule has 1 fully saturated rings. The van der Waals surface area contributed by atoms with Gasteiger partial charge in [0.25, 0.3) is 0 Å². The quantitative estimate of drug-likeness (QED) is 0.910. The number of halogens is 1. The van der Waals surface area contributed by atoms with Gasteiger partial charge in [0.05, 0.1) is 6.10 Å². The average Bonchev–Trinajstić information content (AvgIpc) is 2.30. The molecule has 0 aliphatic carbocycles. The highest BCUT2D eigenvalue weighted by molar-refractivity contribution is 6.31. The first-order valence-corrected chi connectivity index (χ1v) is 7.09. The van der Waals surface area contributed by atoms with E-state index in [1.807, 2.05) is 6.07 Å². The zero-order valence-electron chi connectivity index (χ0n) is 11.2. The van der Waals surface area contributed by atoms with Crippen LogP contribution in [0.25, 0.3) is 0 Å². The van der Waals surface area contributed by atoms with Crippen molar-refractivity contribution in [2.45, 2.75) is 38.2 Å². The van der Waals surface area contributed by atoms with Crippen molar-refractivity contribution in [3.63, 3.8) is 0 Å². The maximum absolute atomic E-state index is 9.40. The Morgan fingerprint density at radius 2 is 2.06 bits per heavy atom. The molecule has 1 heterocycles. The molecule has 0 bridgehead atoms. The highest BCUT2D eigenvalue weighted by atomic mass is 35.5. The monoisotopic (exact) mass is 267 g/mol. The summed E-state index contributed by atoms with van der Waals surface area (Å²) in [6, 6.07) is 6.27. The van der Waals surface area contributed by atoms with Gasteiger partial charge in [-0.05, 0) is 69.4 Å². The van der Waals surface area contributed by atoms with E-state index in [0.717, 1.165) is 23.7 Å². The fraction of sp³-hybridized carbons (Fsp3) is 0.600. The van der Waals surface area contributed by atoms with Crippen LogP contribution in [-0.2, 0) is 6.42 Å². The SMILES string of the molecule is CC(O)Cc1ccc(C2CCN(C)CC2)c(Cl)c1. The average molecular weight is 268 g/mol. The second kappa shape index (κ2) is 6.05. The van der Waals surface area contributed by atoms with Crippen LogP contribution in [0.1, 0.15) is 36.8 Å². The van der Waals surface area contributed by atoms with Gasteiger partial charge in [-0.15, -0.1) is 0 Å². The summed E-state index contributed by atoms with van der Waals surface area (Å²) in [4.78, 5) is 2.37. The van der Waals surface area contributed by atoms with Gasteiger partial charge in [0.1, 0.15) is 0 Å². The predicted octanol–water partition coefficient (Wildman–Crippen LogP) is 3.07. The number of nitrogens with zero attached hydrogens (tertiary/aromatic N) is 1. The van der Waals surface area contributed by atoms with Gasteiger partial charge in [-0.3, -0.25) is 0 Å². The molecule has 3 heteroatoms. The summed E-state index contributed by atoms with van der Waals surface area (Å²) in [5.41, 5.74) is 2.39. The number of aliphatic hydroxyl groups excluding tert-OH is 1. The first-order valence-electron chi connectivity index (χ1n) is 6.71. The van der Waals surface area contributed by atoms with E-state index in [1.165, 1.54) is 18.4 Å². The van der Waals surface area contributed by atoms with E-state index < -0.39 is 0 Å². The van der Waals surface area contributed by atoms with Crippen LogP contribution in [-0.4, -0.2) is 36.2 Å². The lowest BCUT2D eigenvalue weighted by Crippen LogP contribution is -2.29. The van der Waals surface area contributed by atoms with Crippen LogP contribution in [0.2, 0.25) is 5.02 Å². The molecule has 0 amide bonds. The lowest BCUT2D eigenvalue weighted by molar-refractivity contribution is 0.195. The van der Waals surface area contributed by atoms with Gasteiger partial charge in [-0.25, -0.2) is 0 Å². The molecule has 0 spiro atoms. The second-order valence-corrected chi connectivity index (χ2v) is 5.89. The molecule has 1 aromatic carbocycles. The maximum atomic E-state index is 9.40. The second-order valence-electron chi connectivity index (χ2n) is 5.49. The van der Waals surface area contributed by atoms with Crippen LogP contribution in [0, 0.1) is 0 Å². The van der Waals surface area contributed by atoms with Gasteiger partial charge in [-0.1, -0.05) is 23.7 Å². The van der Waals surface area contributed by atoms with Crippen LogP contribution < -0.4 is 0 Å². The lowest BCUT2D eigenvalue weighted by atomic mass is 9.89. The fourth-order valence-corrected chi connectivity index (χ4v) is 3.05. The summed E-state index contributed by atoms with van der Waals surface area (Å²) in [5.74, 6) is 0.592. The minimum absolute atomic E-state index is 0.310. The molecule has 2 nitrogen and oxygen atoms in total. The molecule has 0 saturated carbocycles. The molecule has 1 aromatic rings. The van der Waals surface area contributed by atoms with Crippen molar-refractivity contribution in [1.29, 1.82) is 0 Å². The lowest BCUT2D eigenvalue weighted by Gasteiger charge is -2.29. The van der Waals surface area contributed by atoms with Crippen molar-refractivity contribution < 1.29 is 5.11 Å². The minimum atomic E-state index is -0.310. The van der Waals surface area contributed by atoms with Crippen LogP contribution >= 0.6 is 11.6 Å². The molecule has 0 radical (unpaired) electrons. The van der Waals surface area contributed by atoms with E-state index in [9.17, 15) is 5.11 Å². The number of benzene rings is 1. The molecule has 0 aromatic heterocycles. The number of hydrogen-bond acceptors (Lipinski definition) is 2. The minimum Gasteiger partial charge on any atom is -0.393 e. The Balaban J connectivity index is 2.09. The zero-order chi connectivity index (χ0) is 13.1. The number of hydrogen-bond donors (Lipinski definition) is 1. The van der Waals surface area contributed by atoms with Crippen molar-refractivity contribution in [1.82, 2.24) is 4.90 Å². The van der Waals surface area contributed by atoms with Crippen LogP contribution in [0.4, 0.5) is 0 Å². The molecular formula is C15H22ClNO. The predicted molar refractivity (Wildman–Crippen MR) is 76.3 cm³/mol. The first-order chi connectivity index (χ1) is 8.56. The Bertz CT molecular complexity index is 397. The van der Waals surface area contributed by atoms with Crippen molar-refractivity contribution >= 4 is 11.6 Å². The van der Waals surface area contributed by atoms with E-state index in [-0.39, 0.29) is 6.10 Å². The molecule has 2 rings (SSSR count). The highest BCUT2D eigenvalue weighted by Crippen LogP contribution is 2.33. The Hall–Kier alpha value is -0.570. The topological polar surface area (TPSA) is 23.5 Å². The largest absolute Gasteiger partial charge is 0.393 e. The Labute approximate surface area is 115 Å². The van der Waals surface area contributed by atoms with Crippen molar-refractivity contribution in [2.24, 2.45) is 0 Å². The van der Waals surface area contributed by atoms with E-state index >= 15 is 0 Å². The summed E-state index contributed by atoms with van der Waals surface area (Å²) >= 11 is 6.39. The Morgan fingerprint density at radius 3 is 2.61 bits per heavy atom. The van der Waals surface area contributed by atoms with Crippen molar-refractivity contribution in [2.75, 3.05) is 20.1 Å². The van der Waals surface area contributed by atoms with Gasteiger partial charge in [0.15, 0.2) is 0 Å². The van der Waals surface area contributed by atoms with Gasteiger partial charge in [0.2, 0.25) is 0 Å². The van der Waals surface area contributed by atoms with Crippen molar-refractivity contribution in [3.8, 4) is 0 Å². The summed E-state index contributed by atoms with van der Waals surface area (Å²) in [6.07, 6.45) is 2.74. The third kappa shape index (κ3) is 3.47. The maximum Gasteiger partial charge on any atom is 0.0552 e. The van der Waals surface area contributed by atoms with E-state index in [1.54, 1.807) is 6.92 Å². The summed E-state index contributed by atoms with van der Waals surface area (Å²) in [5, 5.41) is 10.3. The van der Waals surface area contributed by atoms with Crippen LogP contribution in [0.5, 0.6) is 0 Å². The molecule has 1 atom stereocenters. The van der Waals surface area contributed by atoms with E-state index in [2.05, 4.69) is 24.1 Å². The van der Waals surface area contributed by atoms with Gasteiger partial charge in [0, 0.05) is 5.02 Å². The number of likely N-dealkylation sites (tertiary alicyclic amines) is 1. The number of rotatable bonds is 3. The Kier molecular flexibility index (Phi) is 4.66. The summed E-state index contributed by atoms with van der Waals surface area (Å²) < 4.78 is 0. The Morgan fingerprint density at radius 1 is 1.39 bits per heavy atom. The third-order valence-electron chi connectivity index (χ3n) is 3.75. The fourth-order valence-electron chi connectivity index (χ4n) is 2.69. The number of aliphatic hydroxyl groups is 1. The van der Waals surface area contributed by atoms with E-state index in [4.69, 9.17) is 11.6 Å². The molecule has 1 N–H and O–H groups in total. The van der Waals surface area contributed by atoms with Crippen LogP contribution in [0.3, 0.4) is 0 Å². The molecule has 1 unspecified atom stereocenters. The zero-order valence-corrected chi connectivity index (χ0v) is 12.0. The molecule has 1 saturated heterocycles. The molecule has 100 valence electrons. The normalized spacial score (nSPS) is 20.0. The highest BCUT2D eigenvalue weighted by Gasteiger charge is 2.20. The number of piperidine rings is 1. The molecule has 1 aliphatic heterocycles. The molecule has 18 heavy (non-hydrogen) atoms. The standard InChI is InChI=1S/C15H22ClNO/c1-11(18)9-12-3-4-14(15(16)10-12)13-5-7-17(2)8-6-13/h3-4,10-11,13,18H,5-9H2,1-2H3. The third-order valence-corrected chi connectivity index (χ3v) is 4.08. The van der Waals surface area contributed by atoms with Gasteiger partial charge >= 0.3 is 0 Å². The van der Waals surface area contributed by atoms with Crippen molar-refractivity contribution in [3.05, 3.63) is 34.3 Å². The van der Waals surface area contributed by atoms with Crippen LogP contribution in [0.15, 0.2) is 18.2 Å². The molecular weight excluding hydrogens is 246 g/mol. The molecule has 1 aliphatic rings. The van der Waals surface area contributed by atoms with Gasteiger partial charge in [-0.2, -0.15) is 0 Å². The van der Waals surface area contributed by atoms with Gasteiger partial charge < -0.3 is 10.0 Å². The van der Waals surface area contributed by atoms with E-state index in [0.29, 0.717) is 12.3 Å². The summed E-state index contributed by atoms with van der Waals surface area (Å²) in [6.45, 7) is 4.10.